The lowest BCUT2D eigenvalue weighted by molar-refractivity contribution is -0.136. The first kappa shape index (κ1) is 23.6. The molecular weight excluding hydrogens is 496 g/mol. The largest absolute Gasteiger partial charge is 0.402 e. The molecule has 2 heterocycles. The molecule has 6 rings (SSSR count). The van der Waals surface area contributed by atoms with E-state index in [1.165, 1.54) is 12.1 Å². The molecule has 2 N–H and O–H groups in total. The summed E-state index contributed by atoms with van der Waals surface area (Å²) in [5.41, 5.74) is 4.43. The molecule has 1 spiro atoms. The lowest BCUT2D eigenvalue weighted by Crippen LogP contribution is -2.52. The van der Waals surface area contributed by atoms with Gasteiger partial charge in [-0.3, -0.25) is 5.10 Å². The van der Waals surface area contributed by atoms with Gasteiger partial charge >= 0.3 is 6.18 Å². The number of fused-ring (bicyclic) bond motifs is 1. The number of halogens is 4. The minimum Gasteiger partial charge on any atom is -0.277 e. The van der Waals surface area contributed by atoms with Crippen LogP contribution in [-0.2, 0) is 23.1 Å². The highest BCUT2D eigenvalue weighted by Gasteiger charge is 2.60. The number of H-pyrrole nitrogens is 1. The van der Waals surface area contributed by atoms with Crippen LogP contribution in [0.4, 0.5) is 17.6 Å². The third-order valence-corrected chi connectivity index (χ3v) is 9.52. The fourth-order valence-electron chi connectivity index (χ4n) is 6.25. The number of hydrogen-bond donors (Lipinski definition) is 2. The fourth-order valence-corrected chi connectivity index (χ4v) is 7.96. The van der Waals surface area contributed by atoms with Gasteiger partial charge in [0.05, 0.1) is 16.9 Å². The lowest BCUT2D eigenvalue weighted by Gasteiger charge is -2.33. The highest BCUT2D eigenvalue weighted by atomic mass is 32.2. The Morgan fingerprint density at radius 2 is 1.64 bits per heavy atom. The summed E-state index contributed by atoms with van der Waals surface area (Å²) >= 11 is 0. The predicted octanol–water partition coefficient (Wildman–Crippen LogP) is 4.46. The molecule has 6 nitrogen and oxygen atoms in total. The van der Waals surface area contributed by atoms with Crippen molar-refractivity contribution in [2.75, 3.05) is 13.1 Å². The molecule has 3 aromatic rings. The van der Waals surface area contributed by atoms with E-state index in [0.717, 1.165) is 46.5 Å². The van der Waals surface area contributed by atoms with Gasteiger partial charge in [-0.25, -0.2) is 4.39 Å². The topological polar surface area (TPSA) is 78.1 Å². The lowest BCUT2D eigenvalue weighted by atomic mass is 9.79. The van der Waals surface area contributed by atoms with E-state index in [4.69, 9.17) is 0 Å². The van der Waals surface area contributed by atoms with Gasteiger partial charge < -0.3 is 0 Å². The first-order valence-corrected chi connectivity index (χ1v) is 13.3. The van der Waals surface area contributed by atoms with Crippen LogP contribution < -0.4 is 4.72 Å². The molecule has 0 amide bonds. The molecule has 190 valence electrons. The Bertz CT molecular complexity index is 1420. The van der Waals surface area contributed by atoms with E-state index in [0.29, 0.717) is 17.1 Å². The maximum Gasteiger partial charge on any atom is 0.402 e. The SMILES string of the molecule is O=S1(=O)N[C@@]2(CN1CC(F)(F)F)[C@@H]1CC[C@H]2Cc2ccc(-c3cc(-c4ccc(F)cc4)[nH]n3)cc2C1. The van der Waals surface area contributed by atoms with Crippen molar-refractivity contribution in [3.63, 3.8) is 0 Å². The molecule has 36 heavy (non-hydrogen) atoms. The van der Waals surface area contributed by atoms with Gasteiger partial charge in [0, 0.05) is 12.1 Å². The van der Waals surface area contributed by atoms with Crippen molar-refractivity contribution in [1.82, 2.24) is 19.2 Å². The second kappa shape index (κ2) is 8.12. The van der Waals surface area contributed by atoms with E-state index >= 15 is 0 Å². The van der Waals surface area contributed by atoms with Gasteiger partial charge in [-0.2, -0.15) is 35.7 Å². The zero-order chi connectivity index (χ0) is 25.3. The van der Waals surface area contributed by atoms with Crippen molar-refractivity contribution < 1.29 is 26.0 Å². The molecule has 0 radical (unpaired) electrons. The number of nitrogens with one attached hydrogen (secondary N) is 2. The smallest absolute Gasteiger partial charge is 0.277 e. The minimum atomic E-state index is -4.60. The van der Waals surface area contributed by atoms with Crippen molar-refractivity contribution in [3.05, 3.63) is 65.5 Å². The Morgan fingerprint density at radius 3 is 2.33 bits per heavy atom. The molecule has 0 unspecified atom stereocenters. The van der Waals surface area contributed by atoms with Crippen LogP contribution in [0.1, 0.15) is 24.0 Å². The van der Waals surface area contributed by atoms with Crippen molar-refractivity contribution in [1.29, 1.82) is 0 Å². The normalized spacial score (nSPS) is 27.3. The van der Waals surface area contributed by atoms with Gasteiger partial charge in [-0.15, -0.1) is 0 Å². The van der Waals surface area contributed by atoms with E-state index in [1.54, 1.807) is 12.1 Å². The molecule has 11 heteroatoms. The van der Waals surface area contributed by atoms with E-state index < -0.39 is 28.5 Å². The van der Waals surface area contributed by atoms with Crippen LogP contribution in [0.5, 0.6) is 0 Å². The van der Waals surface area contributed by atoms with Gasteiger partial charge in [0.25, 0.3) is 10.2 Å². The Labute approximate surface area is 205 Å². The zero-order valence-electron chi connectivity index (χ0n) is 19.1. The van der Waals surface area contributed by atoms with Crippen LogP contribution in [0.3, 0.4) is 0 Å². The maximum atomic E-state index is 13.3. The van der Waals surface area contributed by atoms with Crippen molar-refractivity contribution in [2.45, 2.75) is 37.4 Å². The van der Waals surface area contributed by atoms with Crippen molar-refractivity contribution in [2.24, 2.45) is 11.8 Å². The molecule has 1 saturated heterocycles. The number of hydrogen-bond acceptors (Lipinski definition) is 3. The van der Waals surface area contributed by atoms with Crippen LogP contribution in [0.15, 0.2) is 48.5 Å². The van der Waals surface area contributed by atoms with Crippen molar-refractivity contribution in [3.8, 4) is 22.5 Å². The molecule has 1 aliphatic heterocycles. The number of benzene rings is 2. The summed E-state index contributed by atoms with van der Waals surface area (Å²) < 4.78 is 81.1. The first-order valence-electron chi connectivity index (χ1n) is 11.8. The highest BCUT2D eigenvalue weighted by molar-refractivity contribution is 7.87. The van der Waals surface area contributed by atoms with Crippen LogP contribution in [0.25, 0.3) is 22.5 Å². The molecule has 3 atom stereocenters. The van der Waals surface area contributed by atoms with E-state index in [1.807, 2.05) is 24.3 Å². The summed E-state index contributed by atoms with van der Waals surface area (Å²) in [4.78, 5) is 0. The fraction of sp³-hybridized carbons (Fsp3) is 0.400. The number of rotatable bonds is 3. The number of aromatic nitrogens is 2. The van der Waals surface area contributed by atoms with Crippen LogP contribution in [0, 0.1) is 17.7 Å². The zero-order valence-corrected chi connectivity index (χ0v) is 20.0. The Hall–Kier alpha value is -2.76. The van der Waals surface area contributed by atoms with Gasteiger partial charge in [0.15, 0.2) is 0 Å². The second-order valence-corrected chi connectivity index (χ2v) is 11.7. The van der Waals surface area contributed by atoms with Gasteiger partial charge in [0.1, 0.15) is 12.4 Å². The predicted molar refractivity (Wildman–Crippen MR) is 125 cm³/mol. The van der Waals surface area contributed by atoms with E-state index in [2.05, 4.69) is 14.9 Å². The Balaban J connectivity index is 1.29. The second-order valence-electron chi connectivity index (χ2n) is 10.1. The highest BCUT2D eigenvalue weighted by Crippen LogP contribution is 2.50. The summed E-state index contributed by atoms with van der Waals surface area (Å²) in [6.45, 7) is -1.64. The van der Waals surface area contributed by atoms with Crippen LogP contribution >= 0.6 is 0 Å². The molecule has 2 bridgehead atoms. The summed E-state index contributed by atoms with van der Waals surface area (Å²) in [6, 6.07) is 14.0. The molecule has 1 aromatic heterocycles. The molecule has 3 aliphatic rings. The van der Waals surface area contributed by atoms with Gasteiger partial charge in [0.2, 0.25) is 0 Å². The molecule has 2 fully saturated rings. The standard InChI is InChI=1S/C25H24F4N4O2S/c26-21-7-3-15(4-8-21)22-12-23(31-30-22)17-2-1-16-10-19-5-6-20(11-18(16)9-17)24(19)13-33(14-25(27,28)29)36(34,35)32-24/h1-4,7-9,12,19-20,32H,5-6,10-11,13-14H2,(H,30,31)/t19-,20+,24+/m0/s1. The molecule has 2 aromatic carbocycles. The summed E-state index contributed by atoms with van der Waals surface area (Å²) in [5, 5.41) is 7.40. The Kier molecular flexibility index (Phi) is 5.33. The average Bonchev–Trinajstić information content (AvgIpc) is 3.43. The van der Waals surface area contributed by atoms with Gasteiger partial charge in [-0.1, -0.05) is 12.1 Å². The third-order valence-electron chi connectivity index (χ3n) is 7.94. The molecule has 2 aliphatic carbocycles. The molecular formula is C25H24F4N4O2S. The number of nitrogens with zero attached hydrogens (tertiary/aromatic N) is 2. The van der Waals surface area contributed by atoms with Crippen LogP contribution in [-0.4, -0.2) is 47.7 Å². The summed E-state index contributed by atoms with van der Waals surface area (Å²) in [7, 11) is -4.21. The molecule has 1 saturated carbocycles. The number of aromatic amines is 1. The monoisotopic (exact) mass is 520 g/mol. The van der Waals surface area contributed by atoms with Crippen LogP contribution in [0.2, 0.25) is 0 Å². The third kappa shape index (κ3) is 4.03. The quantitative estimate of drug-likeness (QED) is 0.501. The van der Waals surface area contributed by atoms with Gasteiger partial charge in [-0.05, 0) is 90.6 Å². The van der Waals surface area contributed by atoms with Crippen molar-refractivity contribution >= 4 is 10.2 Å². The summed E-state index contributed by atoms with van der Waals surface area (Å²) in [6.07, 6.45) is -1.88. The minimum absolute atomic E-state index is 0.0712. The Morgan fingerprint density at radius 1 is 0.972 bits per heavy atom. The van der Waals surface area contributed by atoms with E-state index in [-0.39, 0.29) is 24.2 Å². The first-order chi connectivity index (χ1) is 17.0. The van der Waals surface area contributed by atoms with E-state index in [9.17, 15) is 26.0 Å². The average molecular weight is 521 g/mol. The summed E-state index contributed by atoms with van der Waals surface area (Å²) in [5.74, 6) is -0.485. The number of alkyl halides is 3. The maximum absolute atomic E-state index is 13.3.